The van der Waals surface area contributed by atoms with Gasteiger partial charge in [0.05, 0.1) is 10.6 Å². The van der Waals surface area contributed by atoms with E-state index in [0.29, 0.717) is 22.7 Å². The number of carbonyl (C=O) groups is 1. The molecule has 3 aromatic carbocycles. The van der Waals surface area contributed by atoms with Crippen LogP contribution in [0, 0.1) is 0 Å². The van der Waals surface area contributed by atoms with Crippen LogP contribution in [0.5, 0.6) is 5.75 Å². The molecule has 1 atom stereocenters. The number of hydrogen-bond acceptors (Lipinski definition) is 5. The van der Waals surface area contributed by atoms with E-state index in [9.17, 15) is 26.4 Å². The van der Waals surface area contributed by atoms with Crippen LogP contribution in [-0.4, -0.2) is 38.1 Å². The summed E-state index contributed by atoms with van der Waals surface area (Å²) in [6, 6.07) is 19.0. The number of hydrogen-bond donors (Lipinski definition) is 1. The molecule has 1 aliphatic rings. The van der Waals surface area contributed by atoms with Gasteiger partial charge < -0.3 is 4.74 Å². The highest BCUT2D eigenvalue weighted by molar-refractivity contribution is 7.90. The van der Waals surface area contributed by atoms with E-state index >= 15 is 0 Å². The summed E-state index contributed by atoms with van der Waals surface area (Å²) in [4.78, 5) is 12.4. The van der Waals surface area contributed by atoms with Gasteiger partial charge in [0.25, 0.3) is 10.0 Å². The van der Waals surface area contributed by atoms with E-state index < -0.39 is 33.1 Å². The predicted molar refractivity (Wildman–Crippen MR) is 127 cm³/mol. The SMILES string of the molecule is O=C(NS(=O)(=O)c1ccc(OC(F)(F)F)cc1)N1CCC(c2ccccc2)C(c2ccc(Cl)cc2)=N1. The highest BCUT2D eigenvalue weighted by Gasteiger charge is 2.32. The molecule has 0 aromatic heterocycles. The van der Waals surface area contributed by atoms with Gasteiger partial charge in [0.1, 0.15) is 5.75 Å². The van der Waals surface area contributed by atoms with E-state index in [1.165, 1.54) is 0 Å². The molecule has 0 spiro atoms. The maximum Gasteiger partial charge on any atom is 0.573 e. The molecule has 0 bridgehead atoms. The van der Waals surface area contributed by atoms with Gasteiger partial charge in [0.2, 0.25) is 0 Å². The third-order valence-electron chi connectivity index (χ3n) is 5.35. The standard InChI is InChI=1S/C24H19ClF3N3O4S/c25-18-8-6-17(7-9-18)22-21(16-4-2-1-3-5-16)14-15-31(29-22)23(32)30-36(33,34)20-12-10-19(11-13-20)35-24(26,27)28/h1-13,21H,14-15H2,(H,30,32). The fourth-order valence-electron chi connectivity index (χ4n) is 3.72. The van der Waals surface area contributed by atoms with Gasteiger partial charge in [-0.15, -0.1) is 13.2 Å². The molecule has 1 aliphatic heterocycles. The van der Waals surface area contributed by atoms with E-state index in [1.54, 1.807) is 24.3 Å². The number of hydrazone groups is 1. The summed E-state index contributed by atoms with van der Waals surface area (Å²) in [6.07, 6.45) is -4.44. The minimum atomic E-state index is -4.92. The fourth-order valence-corrected chi connectivity index (χ4v) is 4.79. The van der Waals surface area contributed by atoms with Gasteiger partial charge in [0.15, 0.2) is 0 Å². The molecule has 7 nitrogen and oxygen atoms in total. The molecular weight excluding hydrogens is 519 g/mol. The molecule has 12 heteroatoms. The van der Waals surface area contributed by atoms with Crippen molar-refractivity contribution in [1.29, 1.82) is 0 Å². The Bertz CT molecular complexity index is 1360. The molecule has 1 unspecified atom stereocenters. The lowest BCUT2D eigenvalue weighted by atomic mass is 9.86. The molecule has 2 amide bonds. The fraction of sp³-hybridized carbons (Fsp3) is 0.167. The van der Waals surface area contributed by atoms with Gasteiger partial charge in [-0.1, -0.05) is 54.1 Å². The van der Waals surface area contributed by atoms with Gasteiger partial charge in [-0.2, -0.15) is 5.10 Å². The first-order valence-corrected chi connectivity index (χ1v) is 12.5. The van der Waals surface area contributed by atoms with E-state index in [-0.39, 0.29) is 12.5 Å². The van der Waals surface area contributed by atoms with Crippen molar-refractivity contribution in [2.24, 2.45) is 5.10 Å². The second-order valence-corrected chi connectivity index (χ2v) is 9.92. The minimum absolute atomic E-state index is 0.135. The number of nitrogens with one attached hydrogen (secondary N) is 1. The zero-order valence-electron chi connectivity index (χ0n) is 18.4. The Balaban J connectivity index is 1.57. The average Bonchev–Trinajstić information content (AvgIpc) is 2.84. The Morgan fingerprint density at radius 3 is 2.25 bits per heavy atom. The van der Waals surface area contributed by atoms with Crippen molar-refractivity contribution in [2.45, 2.75) is 23.6 Å². The van der Waals surface area contributed by atoms with Crippen molar-refractivity contribution < 1.29 is 31.1 Å². The first kappa shape index (κ1) is 25.5. The molecule has 1 heterocycles. The molecule has 0 radical (unpaired) electrons. The number of ether oxygens (including phenoxy) is 1. The van der Waals surface area contributed by atoms with E-state index in [0.717, 1.165) is 34.8 Å². The van der Waals surface area contributed by atoms with Crippen molar-refractivity contribution >= 4 is 33.4 Å². The number of rotatable bonds is 5. The quantitative estimate of drug-likeness (QED) is 0.463. The second kappa shape index (κ2) is 10.2. The van der Waals surface area contributed by atoms with Crippen molar-refractivity contribution in [3.8, 4) is 5.75 Å². The maximum atomic E-state index is 12.8. The number of benzene rings is 3. The summed E-state index contributed by atoms with van der Waals surface area (Å²) in [6.45, 7) is 0.135. The van der Waals surface area contributed by atoms with Crippen LogP contribution in [0.15, 0.2) is 88.9 Å². The number of halogens is 4. The lowest BCUT2D eigenvalue weighted by Gasteiger charge is -2.30. The first-order valence-electron chi connectivity index (χ1n) is 10.6. The lowest BCUT2D eigenvalue weighted by molar-refractivity contribution is -0.274. The Morgan fingerprint density at radius 2 is 1.64 bits per heavy atom. The van der Waals surface area contributed by atoms with Crippen LogP contribution in [0.1, 0.15) is 23.5 Å². The number of sulfonamides is 1. The third-order valence-corrected chi connectivity index (χ3v) is 6.94. The Kier molecular flexibility index (Phi) is 7.23. The zero-order chi connectivity index (χ0) is 25.9. The van der Waals surface area contributed by atoms with Gasteiger partial charge in [0, 0.05) is 17.5 Å². The molecule has 3 aromatic rings. The van der Waals surface area contributed by atoms with Crippen molar-refractivity contribution in [3.05, 3.63) is 95.0 Å². The zero-order valence-corrected chi connectivity index (χ0v) is 20.0. The molecule has 188 valence electrons. The van der Waals surface area contributed by atoms with Crippen LogP contribution < -0.4 is 9.46 Å². The topological polar surface area (TPSA) is 88.1 Å². The average molecular weight is 538 g/mol. The summed E-state index contributed by atoms with van der Waals surface area (Å²) >= 11 is 6.01. The van der Waals surface area contributed by atoms with Crippen LogP contribution in [0.2, 0.25) is 5.02 Å². The second-order valence-electron chi connectivity index (χ2n) is 7.80. The highest BCUT2D eigenvalue weighted by atomic mass is 35.5. The van der Waals surface area contributed by atoms with Crippen LogP contribution in [0.4, 0.5) is 18.0 Å². The molecule has 0 aliphatic carbocycles. The maximum absolute atomic E-state index is 12.8. The Hall–Kier alpha value is -3.57. The summed E-state index contributed by atoms with van der Waals surface area (Å²) in [5, 5.41) is 6.00. The lowest BCUT2D eigenvalue weighted by Crippen LogP contribution is -2.43. The van der Waals surface area contributed by atoms with Crippen molar-refractivity contribution in [2.75, 3.05) is 6.54 Å². The molecule has 0 fully saturated rings. The van der Waals surface area contributed by atoms with E-state index in [2.05, 4.69) is 9.84 Å². The largest absolute Gasteiger partial charge is 0.573 e. The van der Waals surface area contributed by atoms with E-state index in [1.807, 2.05) is 35.1 Å². The van der Waals surface area contributed by atoms with Gasteiger partial charge in [-0.05, 0) is 53.9 Å². The summed E-state index contributed by atoms with van der Waals surface area (Å²) in [7, 11) is -4.39. The molecule has 4 rings (SSSR count). The van der Waals surface area contributed by atoms with Gasteiger partial charge >= 0.3 is 12.4 Å². The van der Waals surface area contributed by atoms with Gasteiger partial charge in [-0.25, -0.2) is 22.9 Å². The minimum Gasteiger partial charge on any atom is -0.406 e. The van der Waals surface area contributed by atoms with E-state index in [4.69, 9.17) is 11.6 Å². The summed E-state index contributed by atoms with van der Waals surface area (Å²) in [5.41, 5.74) is 2.26. The molecular formula is C24H19ClF3N3O4S. The predicted octanol–water partition coefficient (Wildman–Crippen LogP) is 5.53. The van der Waals surface area contributed by atoms with Crippen LogP contribution in [0.25, 0.3) is 0 Å². The van der Waals surface area contributed by atoms with Crippen molar-refractivity contribution in [1.82, 2.24) is 9.73 Å². The summed E-state index contributed by atoms with van der Waals surface area (Å²) in [5.74, 6) is -0.734. The summed E-state index contributed by atoms with van der Waals surface area (Å²) < 4.78 is 68.0. The third kappa shape index (κ3) is 6.16. The van der Waals surface area contributed by atoms with Crippen LogP contribution >= 0.6 is 11.6 Å². The molecule has 36 heavy (non-hydrogen) atoms. The highest BCUT2D eigenvalue weighted by Crippen LogP contribution is 2.30. The number of amides is 2. The first-order chi connectivity index (χ1) is 17.0. The van der Waals surface area contributed by atoms with Crippen molar-refractivity contribution in [3.63, 3.8) is 0 Å². The Morgan fingerprint density at radius 1 is 1.00 bits per heavy atom. The number of alkyl halides is 3. The van der Waals surface area contributed by atoms with Crippen LogP contribution in [-0.2, 0) is 10.0 Å². The number of urea groups is 1. The number of nitrogens with zero attached hydrogens (tertiary/aromatic N) is 2. The molecule has 1 N–H and O–H groups in total. The normalized spacial score (nSPS) is 16.3. The number of carbonyl (C=O) groups excluding carboxylic acids is 1. The molecule has 0 saturated carbocycles. The van der Waals surface area contributed by atoms with Gasteiger partial charge in [-0.3, -0.25) is 0 Å². The van der Waals surface area contributed by atoms with Crippen LogP contribution in [0.3, 0.4) is 0 Å². The monoisotopic (exact) mass is 537 g/mol. The Labute approximate surface area is 210 Å². The molecule has 0 saturated heterocycles. The smallest absolute Gasteiger partial charge is 0.406 e.